The van der Waals surface area contributed by atoms with E-state index in [-0.39, 0.29) is 5.56 Å². The lowest BCUT2D eigenvalue weighted by Gasteiger charge is -2.04. The highest BCUT2D eigenvalue weighted by molar-refractivity contribution is 9.10. The summed E-state index contributed by atoms with van der Waals surface area (Å²) in [7, 11) is 0. The molecule has 0 amide bonds. The third kappa shape index (κ3) is 2.44. The Balaban J connectivity index is 2.38. The Bertz CT molecular complexity index is 1050. The molecule has 7 heteroatoms. The summed E-state index contributed by atoms with van der Waals surface area (Å²) in [4.78, 5) is 12.9. The Kier molecular flexibility index (Phi) is 3.99. The number of H-pyrrole nitrogens is 1. The van der Waals surface area contributed by atoms with Gasteiger partial charge in [-0.2, -0.15) is 10.5 Å². The van der Waals surface area contributed by atoms with E-state index in [1.807, 2.05) is 30.3 Å². The molecule has 0 radical (unpaired) electrons. The van der Waals surface area contributed by atoms with Crippen molar-refractivity contribution in [2.24, 2.45) is 0 Å². The zero-order valence-electron chi connectivity index (χ0n) is 11.9. The predicted molar refractivity (Wildman–Crippen MR) is 92.4 cm³/mol. The maximum absolute atomic E-state index is 12.5. The molecule has 1 aromatic carbocycles. The second kappa shape index (κ2) is 5.96. The minimum Gasteiger partial charge on any atom is -0.290 e. The maximum Gasteiger partial charge on any atom is 0.288 e. The Labute approximate surface area is 144 Å². The standard InChI is InChI=1S/C16H9BrN4OS/c1-23-15-11(7-18)14-6-13(9-2-4-10(17)5-3-9)20-21(14)16(22)12(15)8-19/h2-6,20H,1H3. The zero-order valence-corrected chi connectivity index (χ0v) is 14.3. The van der Waals surface area contributed by atoms with Crippen LogP contribution in [-0.4, -0.2) is 15.9 Å². The molecule has 3 aromatic rings. The SMILES string of the molecule is CSc1c(C#N)c(=O)n2[nH]c(-c3ccc(Br)cc3)cc2c1C#N. The fourth-order valence-corrected chi connectivity index (χ4v) is 3.35. The first-order chi connectivity index (χ1) is 11.1. The third-order valence-corrected chi connectivity index (χ3v) is 4.81. The van der Waals surface area contributed by atoms with E-state index in [9.17, 15) is 15.3 Å². The summed E-state index contributed by atoms with van der Waals surface area (Å²) in [5, 5.41) is 21.7. The molecule has 0 spiro atoms. The average Bonchev–Trinajstić information content (AvgIpc) is 3.00. The third-order valence-electron chi connectivity index (χ3n) is 3.46. The molecular formula is C16H9BrN4OS. The molecule has 0 saturated heterocycles. The van der Waals surface area contributed by atoms with Crippen LogP contribution in [0.2, 0.25) is 0 Å². The Morgan fingerprint density at radius 2 is 1.83 bits per heavy atom. The van der Waals surface area contributed by atoms with Gasteiger partial charge in [0, 0.05) is 4.47 Å². The lowest BCUT2D eigenvalue weighted by atomic mass is 10.1. The summed E-state index contributed by atoms with van der Waals surface area (Å²) in [6.45, 7) is 0. The molecule has 23 heavy (non-hydrogen) atoms. The predicted octanol–water partition coefficient (Wildman–Crippen LogP) is 3.52. The number of pyridine rings is 1. The molecule has 2 aromatic heterocycles. The van der Waals surface area contributed by atoms with Gasteiger partial charge in [-0.3, -0.25) is 9.89 Å². The van der Waals surface area contributed by atoms with Crippen molar-refractivity contribution in [3.63, 3.8) is 0 Å². The number of halogens is 1. The second-order valence-corrected chi connectivity index (χ2v) is 6.44. The number of rotatable bonds is 2. The summed E-state index contributed by atoms with van der Waals surface area (Å²) < 4.78 is 2.21. The highest BCUT2D eigenvalue weighted by Crippen LogP contribution is 2.28. The molecule has 5 nitrogen and oxygen atoms in total. The Hall–Kier alpha value is -2.48. The van der Waals surface area contributed by atoms with E-state index in [1.54, 1.807) is 12.3 Å². The van der Waals surface area contributed by atoms with Crippen LogP contribution < -0.4 is 5.56 Å². The number of nitrogens with one attached hydrogen (secondary N) is 1. The zero-order chi connectivity index (χ0) is 16.6. The van der Waals surface area contributed by atoms with Crippen molar-refractivity contribution >= 4 is 33.2 Å². The molecule has 0 fully saturated rings. The minimum atomic E-state index is -0.450. The van der Waals surface area contributed by atoms with Gasteiger partial charge in [0.1, 0.15) is 17.7 Å². The first-order valence-corrected chi connectivity index (χ1v) is 8.54. The van der Waals surface area contributed by atoms with Gasteiger partial charge in [0.05, 0.1) is 21.7 Å². The van der Waals surface area contributed by atoms with Crippen molar-refractivity contribution in [3.05, 3.63) is 56.3 Å². The van der Waals surface area contributed by atoms with Gasteiger partial charge in [-0.25, -0.2) is 4.52 Å². The summed E-state index contributed by atoms with van der Waals surface area (Å²) in [6.07, 6.45) is 1.75. The molecule has 0 atom stereocenters. The van der Waals surface area contributed by atoms with Crippen LogP contribution in [0.3, 0.4) is 0 Å². The van der Waals surface area contributed by atoms with Crippen molar-refractivity contribution in [2.75, 3.05) is 6.26 Å². The van der Waals surface area contributed by atoms with Crippen LogP contribution in [0.1, 0.15) is 11.1 Å². The van der Waals surface area contributed by atoms with E-state index < -0.39 is 5.56 Å². The summed E-state index contributed by atoms with van der Waals surface area (Å²) in [6, 6.07) is 13.3. The molecule has 2 heterocycles. The molecule has 0 aliphatic rings. The molecular weight excluding hydrogens is 376 g/mol. The van der Waals surface area contributed by atoms with E-state index in [0.717, 1.165) is 10.0 Å². The van der Waals surface area contributed by atoms with Gasteiger partial charge in [-0.05, 0) is 30.0 Å². The van der Waals surface area contributed by atoms with Crippen LogP contribution in [0.25, 0.3) is 16.8 Å². The van der Waals surface area contributed by atoms with Crippen molar-refractivity contribution < 1.29 is 0 Å². The van der Waals surface area contributed by atoms with E-state index >= 15 is 0 Å². The van der Waals surface area contributed by atoms with Crippen molar-refractivity contribution in [1.29, 1.82) is 10.5 Å². The van der Waals surface area contributed by atoms with Gasteiger partial charge in [0.25, 0.3) is 5.56 Å². The number of nitriles is 2. The highest BCUT2D eigenvalue weighted by Gasteiger charge is 2.19. The smallest absolute Gasteiger partial charge is 0.288 e. The number of thioether (sulfide) groups is 1. The molecule has 3 rings (SSSR count). The number of aromatic nitrogens is 2. The second-order valence-electron chi connectivity index (χ2n) is 4.71. The van der Waals surface area contributed by atoms with Gasteiger partial charge in [-0.15, -0.1) is 11.8 Å². The van der Waals surface area contributed by atoms with Crippen molar-refractivity contribution in [2.45, 2.75) is 4.90 Å². The molecule has 1 N–H and O–H groups in total. The van der Waals surface area contributed by atoms with E-state index in [1.165, 1.54) is 16.3 Å². The summed E-state index contributed by atoms with van der Waals surface area (Å²) in [5.41, 5.74) is 1.91. The number of benzene rings is 1. The Morgan fingerprint density at radius 1 is 1.17 bits per heavy atom. The minimum absolute atomic E-state index is 0.0178. The Morgan fingerprint density at radius 3 is 2.39 bits per heavy atom. The quantitative estimate of drug-likeness (QED) is 0.684. The molecule has 112 valence electrons. The lowest BCUT2D eigenvalue weighted by molar-refractivity contribution is 0.905. The van der Waals surface area contributed by atoms with Gasteiger partial charge < -0.3 is 0 Å². The average molecular weight is 385 g/mol. The normalized spacial score (nSPS) is 10.4. The number of fused-ring (bicyclic) bond motifs is 1. The largest absolute Gasteiger partial charge is 0.290 e. The van der Waals surface area contributed by atoms with Crippen LogP contribution in [0.15, 0.2) is 44.5 Å². The fraction of sp³-hybridized carbons (Fsp3) is 0.0625. The first kappa shape index (κ1) is 15.4. The molecule has 0 aliphatic heterocycles. The molecule has 0 unspecified atom stereocenters. The van der Waals surface area contributed by atoms with Crippen molar-refractivity contribution in [1.82, 2.24) is 9.61 Å². The van der Waals surface area contributed by atoms with E-state index in [4.69, 9.17) is 0 Å². The van der Waals surface area contributed by atoms with Gasteiger partial charge >= 0.3 is 0 Å². The summed E-state index contributed by atoms with van der Waals surface area (Å²) >= 11 is 4.61. The van der Waals surface area contributed by atoms with Crippen LogP contribution in [-0.2, 0) is 0 Å². The van der Waals surface area contributed by atoms with Gasteiger partial charge in [0.2, 0.25) is 0 Å². The number of hydrogen-bond acceptors (Lipinski definition) is 4. The van der Waals surface area contributed by atoms with Crippen molar-refractivity contribution in [3.8, 4) is 23.4 Å². The number of aromatic amines is 1. The monoisotopic (exact) mass is 384 g/mol. The highest BCUT2D eigenvalue weighted by atomic mass is 79.9. The van der Waals surface area contributed by atoms with E-state index in [0.29, 0.717) is 21.7 Å². The maximum atomic E-state index is 12.5. The van der Waals surface area contributed by atoms with Gasteiger partial charge in [0.15, 0.2) is 0 Å². The molecule has 0 aliphatic carbocycles. The van der Waals surface area contributed by atoms with Crippen LogP contribution >= 0.6 is 27.7 Å². The first-order valence-electron chi connectivity index (χ1n) is 6.52. The summed E-state index contributed by atoms with van der Waals surface area (Å²) in [5.74, 6) is 0. The lowest BCUT2D eigenvalue weighted by Crippen LogP contribution is -2.19. The number of nitrogens with zero attached hydrogens (tertiary/aromatic N) is 3. The van der Waals surface area contributed by atoms with Gasteiger partial charge in [-0.1, -0.05) is 28.1 Å². The van der Waals surface area contributed by atoms with Crippen LogP contribution in [0.5, 0.6) is 0 Å². The number of hydrogen-bond donors (Lipinski definition) is 1. The van der Waals surface area contributed by atoms with Crippen LogP contribution in [0, 0.1) is 22.7 Å². The van der Waals surface area contributed by atoms with E-state index in [2.05, 4.69) is 27.1 Å². The molecule has 0 saturated carbocycles. The topological polar surface area (TPSA) is 84.8 Å². The van der Waals surface area contributed by atoms with Crippen LogP contribution in [0.4, 0.5) is 0 Å². The fourth-order valence-electron chi connectivity index (χ4n) is 2.40. The molecule has 0 bridgehead atoms.